The van der Waals surface area contributed by atoms with E-state index in [0.29, 0.717) is 12.3 Å². The molecule has 0 aromatic carbocycles. The zero-order valence-electron chi connectivity index (χ0n) is 14.1. The minimum Gasteiger partial charge on any atom is -0.411 e. The molecule has 0 spiro atoms. The second kappa shape index (κ2) is 7.23. The fraction of sp³-hybridized carbons (Fsp3) is 0.882. The average molecular weight is 299 g/mol. The van der Waals surface area contributed by atoms with Gasteiger partial charge in [0.25, 0.3) is 0 Å². The Morgan fingerprint density at radius 2 is 1.80 bits per heavy atom. The van der Waals surface area contributed by atoms with Crippen molar-refractivity contribution in [3.63, 3.8) is 0 Å². The lowest BCUT2D eigenvalue weighted by atomic mass is 9.83. The molecule has 0 unspecified atom stereocenters. The van der Waals surface area contributed by atoms with Crippen LogP contribution in [0, 0.1) is 5.92 Å². The molecule has 0 aromatic rings. The van der Waals surface area contributed by atoms with Crippen LogP contribution in [0.3, 0.4) is 0 Å². The van der Waals surface area contributed by atoms with Gasteiger partial charge in [0.15, 0.2) is 8.32 Å². The molecule has 0 aliphatic heterocycles. The first-order valence-electron chi connectivity index (χ1n) is 8.16. The number of aliphatic hydroxyl groups excluding tert-OH is 1. The highest BCUT2D eigenvalue weighted by molar-refractivity contribution is 6.74. The van der Waals surface area contributed by atoms with Crippen LogP contribution in [0.1, 0.15) is 59.3 Å². The van der Waals surface area contributed by atoms with Crippen molar-refractivity contribution in [2.75, 3.05) is 0 Å². The van der Waals surface area contributed by atoms with Crippen molar-refractivity contribution in [3.8, 4) is 0 Å². The summed E-state index contributed by atoms with van der Waals surface area (Å²) in [6.45, 7) is 15.1. The van der Waals surface area contributed by atoms with Crippen molar-refractivity contribution >= 4 is 8.32 Å². The summed E-state index contributed by atoms with van der Waals surface area (Å²) < 4.78 is 6.60. The standard InChI is InChI=1S/C17H34O2Si/c1-7-11-15(18)16(14-12-9-8-10-13-14)19-20(5,6)17(2,3)4/h7,14-16,18H,1,8-13H2,2-6H3/t15-,16+/m1/s1. The summed E-state index contributed by atoms with van der Waals surface area (Å²) in [5.74, 6) is 0.521. The molecule has 2 nitrogen and oxygen atoms in total. The minimum atomic E-state index is -1.84. The highest BCUT2D eigenvalue weighted by Crippen LogP contribution is 2.40. The molecule has 1 fully saturated rings. The van der Waals surface area contributed by atoms with Crippen LogP contribution in [0.4, 0.5) is 0 Å². The maximum absolute atomic E-state index is 10.5. The smallest absolute Gasteiger partial charge is 0.192 e. The van der Waals surface area contributed by atoms with Gasteiger partial charge in [0.05, 0.1) is 12.2 Å². The molecule has 0 radical (unpaired) electrons. The van der Waals surface area contributed by atoms with Crippen molar-refractivity contribution in [3.05, 3.63) is 12.7 Å². The van der Waals surface area contributed by atoms with Crippen LogP contribution in [-0.4, -0.2) is 25.6 Å². The molecule has 1 aliphatic rings. The Morgan fingerprint density at radius 3 is 2.25 bits per heavy atom. The highest BCUT2D eigenvalue weighted by Gasteiger charge is 2.42. The van der Waals surface area contributed by atoms with Gasteiger partial charge >= 0.3 is 0 Å². The first-order valence-corrected chi connectivity index (χ1v) is 11.1. The van der Waals surface area contributed by atoms with Crippen molar-refractivity contribution in [2.45, 2.75) is 89.6 Å². The van der Waals surface area contributed by atoms with Gasteiger partial charge in [-0.05, 0) is 43.3 Å². The van der Waals surface area contributed by atoms with Gasteiger partial charge < -0.3 is 9.53 Å². The first kappa shape index (κ1) is 17.9. The fourth-order valence-electron chi connectivity index (χ4n) is 2.77. The first-order chi connectivity index (χ1) is 9.19. The van der Waals surface area contributed by atoms with Crippen molar-refractivity contribution < 1.29 is 9.53 Å². The molecule has 1 N–H and O–H groups in total. The average Bonchev–Trinajstić information content (AvgIpc) is 2.36. The SMILES string of the molecule is C=CC[C@@H](O)[C@@H](O[Si](C)(C)C(C)(C)C)C1CCCCC1. The molecule has 0 amide bonds. The summed E-state index contributed by atoms with van der Waals surface area (Å²) >= 11 is 0. The minimum absolute atomic E-state index is 0.00538. The van der Waals surface area contributed by atoms with E-state index in [4.69, 9.17) is 4.43 Å². The fourth-order valence-corrected chi connectivity index (χ4v) is 4.16. The van der Waals surface area contributed by atoms with Crippen molar-refractivity contribution in [1.82, 2.24) is 0 Å². The summed E-state index contributed by atoms with van der Waals surface area (Å²) in [7, 11) is -1.84. The number of rotatable bonds is 6. The second-order valence-electron chi connectivity index (χ2n) is 7.83. The van der Waals surface area contributed by atoms with Gasteiger partial charge in [-0.2, -0.15) is 0 Å². The van der Waals surface area contributed by atoms with Gasteiger partial charge in [0.1, 0.15) is 0 Å². The Kier molecular flexibility index (Phi) is 6.48. The molecule has 0 aromatic heterocycles. The molecule has 1 rings (SSSR count). The van der Waals surface area contributed by atoms with E-state index in [1.54, 1.807) is 0 Å². The van der Waals surface area contributed by atoms with E-state index in [0.717, 1.165) is 0 Å². The second-order valence-corrected chi connectivity index (χ2v) is 12.6. The highest BCUT2D eigenvalue weighted by atomic mass is 28.4. The lowest BCUT2D eigenvalue weighted by Crippen LogP contribution is -2.49. The molecule has 1 saturated carbocycles. The maximum Gasteiger partial charge on any atom is 0.192 e. The molecule has 3 heteroatoms. The Bertz CT molecular complexity index is 301. The van der Waals surface area contributed by atoms with E-state index < -0.39 is 14.4 Å². The third kappa shape index (κ3) is 4.71. The van der Waals surface area contributed by atoms with Gasteiger partial charge in [-0.3, -0.25) is 0 Å². The van der Waals surface area contributed by atoms with Gasteiger partial charge in [-0.1, -0.05) is 46.1 Å². The maximum atomic E-state index is 10.5. The van der Waals surface area contributed by atoms with Crippen LogP contribution in [0.5, 0.6) is 0 Å². The summed E-state index contributed by atoms with van der Waals surface area (Å²) in [5, 5.41) is 10.7. The van der Waals surface area contributed by atoms with Gasteiger partial charge in [-0.15, -0.1) is 6.58 Å². The lowest BCUT2D eigenvalue weighted by molar-refractivity contribution is -0.0166. The summed E-state index contributed by atoms with van der Waals surface area (Å²) in [4.78, 5) is 0. The third-order valence-corrected chi connectivity index (χ3v) is 9.61. The molecular formula is C17H34O2Si. The van der Waals surface area contributed by atoms with E-state index in [-0.39, 0.29) is 11.1 Å². The Balaban J connectivity index is 2.84. The number of hydrogen-bond donors (Lipinski definition) is 1. The van der Waals surface area contributed by atoms with E-state index >= 15 is 0 Å². The zero-order valence-corrected chi connectivity index (χ0v) is 15.1. The predicted octanol–water partition coefficient (Wildman–Crippen LogP) is 4.89. The summed E-state index contributed by atoms with van der Waals surface area (Å²) in [5.41, 5.74) is 0. The lowest BCUT2D eigenvalue weighted by Gasteiger charge is -2.43. The van der Waals surface area contributed by atoms with Crippen LogP contribution in [-0.2, 0) is 4.43 Å². The normalized spacial score (nSPS) is 21.5. The molecule has 2 atom stereocenters. The van der Waals surface area contributed by atoms with Crippen LogP contribution < -0.4 is 0 Å². The van der Waals surface area contributed by atoms with Crippen LogP contribution >= 0.6 is 0 Å². The van der Waals surface area contributed by atoms with Crippen LogP contribution in [0.15, 0.2) is 12.7 Å². The van der Waals surface area contributed by atoms with E-state index in [1.807, 2.05) is 6.08 Å². The van der Waals surface area contributed by atoms with Gasteiger partial charge in [-0.25, -0.2) is 0 Å². The Hall–Kier alpha value is -0.123. The van der Waals surface area contributed by atoms with Crippen molar-refractivity contribution in [1.29, 1.82) is 0 Å². The van der Waals surface area contributed by atoms with E-state index in [1.165, 1.54) is 32.1 Å². The largest absolute Gasteiger partial charge is 0.411 e. The molecule has 0 heterocycles. The predicted molar refractivity (Wildman–Crippen MR) is 89.5 cm³/mol. The summed E-state index contributed by atoms with van der Waals surface area (Å²) in [6, 6.07) is 0. The number of hydrogen-bond acceptors (Lipinski definition) is 2. The van der Waals surface area contributed by atoms with Crippen molar-refractivity contribution in [2.24, 2.45) is 5.92 Å². The Labute approximate surface area is 126 Å². The number of aliphatic hydroxyl groups is 1. The monoisotopic (exact) mass is 298 g/mol. The molecule has 0 bridgehead atoms. The molecule has 1 aliphatic carbocycles. The van der Waals surface area contributed by atoms with Crippen LogP contribution in [0.25, 0.3) is 0 Å². The zero-order chi connectivity index (χ0) is 15.4. The molecule has 0 saturated heterocycles. The molecule has 20 heavy (non-hydrogen) atoms. The van der Waals surface area contributed by atoms with Gasteiger partial charge in [0.2, 0.25) is 0 Å². The molecular weight excluding hydrogens is 264 g/mol. The van der Waals surface area contributed by atoms with E-state index in [9.17, 15) is 5.11 Å². The third-order valence-electron chi connectivity index (χ3n) is 5.14. The van der Waals surface area contributed by atoms with Crippen LogP contribution in [0.2, 0.25) is 18.1 Å². The topological polar surface area (TPSA) is 29.5 Å². The van der Waals surface area contributed by atoms with E-state index in [2.05, 4.69) is 40.4 Å². The van der Waals surface area contributed by atoms with Gasteiger partial charge in [0, 0.05) is 0 Å². The molecule has 118 valence electrons. The quantitative estimate of drug-likeness (QED) is 0.558. The summed E-state index contributed by atoms with van der Waals surface area (Å²) in [6.07, 6.45) is 8.35. The Morgan fingerprint density at radius 1 is 1.25 bits per heavy atom.